The third-order valence-electron chi connectivity index (χ3n) is 3.64. The second-order valence-corrected chi connectivity index (χ2v) is 6.76. The topological polar surface area (TPSA) is 17.1 Å². The quantitative estimate of drug-likeness (QED) is 0.519. The third kappa shape index (κ3) is 4.00. The molecule has 1 aromatic rings. The van der Waals surface area contributed by atoms with E-state index in [1.54, 1.807) is 11.8 Å². The van der Waals surface area contributed by atoms with Gasteiger partial charge < -0.3 is 0 Å². The Hall–Kier alpha value is -0.470. The van der Waals surface area contributed by atoms with Crippen LogP contribution in [0.1, 0.15) is 55.8 Å². The van der Waals surface area contributed by atoms with Crippen molar-refractivity contribution in [3.63, 3.8) is 0 Å². The molecular weight excluding hydrogens is 276 g/mol. The summed E-state index contributed by atoms with van der Waals surface area (Å²) in [7, 11) is 0. The Morgan fingerprint density at radius 2 is 2.05 bits per heavy atom. The summed E-state index contributed by atoms with van der Waals surface area (Å²) in [5, 5.41) is 0.667. The normalized spacial score (nSPS) is 16.5. The Kier molecular flexibility index (Phi) is 5.77. The number of benzene rings is 1. The molecule has 1 aliphatic carbocycles. The van der Waals surface area contributed by atoms with Gasteiger partial charge in [-0.05, 0) is 43.2 Å². The maximum Gasteiger partial charge on any atom is 0.167 e. The van der Waals surface area contributed by atoms with Gasteiger partial charge in [0.05, 0.1) is 0 Å². The van der Waals surface area contributed by atoms with Crippen LogP contribution in [0.3, 0.4) is 0 Å². The Balaban J connectivity index is 2.20. The van der Waals surface area contributed by atoms with E-state index in [2.05, 4.69) is 6.92 Å². The maximum atomic E-state index is 12.7. The summed E-state index contributed by atoms with van der Waals surface area (Å²) in [6, 6.07) is 5.74. The smallest absolute Gasteiger partial charge is 0.167 e. The molecule has 3 heteroatoms. The van der Waals surface area contributed by atoms with Gasteiger partial charge in [-0.15, -0.1) is 11.8 Å². The van der Waals surface area contributed by atoms with Gasteiger partial charge in [-0.3, -0.25) is 4.79 Å². The number of hydrogen-bond acceptors (Lipinski definition) is 2. The lowest BCUT2D eigenvalue weighted by Gasteiger charge is -2.21. The molecule has 2 rings (SSSR count). The number of carbonyl (C=O) groups excluding carboxylic acids is 1. The molecule has 0 amide bonds. The number of carbonyl (C=O) groups is 1. The summed E-state index contributed by atoms with van der Waals surface area (Å²) in [6.45, 7) is 2.16. The Morgan fingerprint density at radius 3 is 2.74 bits per heavy atom. The lowest BCUT2D eigenvalue weighted by atomic mass is 9.84. The molecule has 0 aromatic heterocycles. The maximum absolute atomic E-state index is 12.7. The molecule has 1 nitrogen and oxygen atoms in total. The summed E-state index contributed by atoms with van der Waals surface area (Å²) >= 11 is 7.84. The Bertz CT molecular complexity index is 438. The first kappa shape index (κ1) is 14.9. The molecule has 0 saturated heterocycles. The number of Topliss-reactive ketones (excluding diaryl/α,β-unsaturated/α-hetero) is 1. The van der Waals surface area contributed by atoms with Gasteiger partial charge in [0, 0.05) is 21.4 Å². The third-order valence-corrected chi connectivity index (χ3v) is 5.16. The van der Waals surface area contributed by atoms with Gasteiger partial charge in [-0.2, -0.15) is 0 Å². The average molecular weight is 297 g/mol. The highest BCUT2D eigenvalue weighted by Crippen LogP contribution is 2.32. The molecule has 0 radical (unpaired) electrons. The highest BCUT2D eigenvalue weighted by molar-refractivity contribution is 7.99. The van der Waals surface area contributed by atoms with Crippen LogP contribution in [-0.2, 0) is 0 Å². The van der Waals surface area contributed by atoms with Crippen LogP contribution in [0.2, 0.25) is 5.02 Å². The van der Waals surface area contributed by atoms with E-state index in [1.807, 2.05) is 18.2 Å². The van der Waals surface area contributed by atoms with E-state index in [1.165, 1.54) is 19.3 Å². The van der Waals surface area contributed by atoms with Gasteiger partial charge in [0.15, 0.2) is 5.78 Å². The van der Waals surface area contributed by atoms with E-state index in [-0.39, 0.29) is 5.92 Å². The molecular formula is C16H21ClOS. The molecule has 0 aliphatic heterocycles. The first-order valence-corrected chi connectivity index (χ1v) is 8.55. The monoisotopic (exact) mass is 296 g/mol. The zero-order valence-electron chi connectivity index (χ0n) is 11.5. The molecule has 19 heavy (non-hydrogen) atoms. The fraction of sp³-hybridized carbons (Fsp3) is 0.562. The largest absolute Gasteiger partial charge is 0.294 e. The summed E-state index contributed by atoms with van der Waals surface area (Å²) in [5.41, 5.74) is 0.845. The summed E-state index contributed by atoms with van der Waals surface area (Å²) < 4.78 is 0. The van der Waals surface area contributed by atoms with E-state index in [0.717, 1.165) is 35.5 Å². The molecule has 0 N–H and O–H groups in total. The van der Waals surface area contributed by atoms with Crippen molar-refractivity contribution >= 4 is 29.1 Å². The zero-order chi connectivity index (χ0) is 13.7. The van der Waals surface area contributed by atoms with Crippen molar-refractivity contribution < 1.29 is 4.79 Å². The van der Waals surface area contributed by atoms with Gasteiger partial charge in [-0.1, -0.05) is 37.8 Å². The van der Waals surface area contributed by atoms with Crippen LogP contribution < -0.4 is 0 Å². The second-order valence-electron chi connectivity index (χ2n) is 5.19. The number of ketones is 1. The molecule has 1 aliphatic rings. The molecule has 0 spiro atoms. The van der Waals surface area contributed by atoms with Crippen molar-refractivity contribution in [3.8, 4) is 0 Å². The predicted octanol–water partition coefficient (Wildman–Crippen LogP) is 5.61. The van der Waals surface area contributed by atoms with Gasteiger partial charge in [0.25, 0.3) is 0 Å². The van der Waals surface area contributed by atoms with Crippen LogP contribution in [0.4, 0.5) is 0 Å². The SMILES string of the molecule is CCCSc1ccc(Cl)cc1C(=O)C1CCCCC1. The summed E-state index contributed by atoms with van der Waals surface area (Å²) in [6.07, 6.45) is 6.86. The number of rotatable bonds is 5. The molecule has 0 heterocycles. The van der Waals surface area contributed by atoms with Crippen LogP contribution in [0.5, 0.6) is 0 Å². The van der Waals surface area contributed by atoms with Crippen LogP contribution >= 0.6 is 23.4 Å². The molecule has 1 aromatic carbocycles. The van der Waals surface area contributed by atoms with Crippen molar-refractivity contribution in [2.75, 3.05) is 5.75 Å². The van der Waals surface area contributed by atoms with E-state index in [4.69, 9.17) is 11.6 Å². The molecule has 104 valence electrons. The van der Waals surface area contributed by atoms with Gasteiger partial charge >= 0.3 is 0 Å². The second kappa shape index (κ2) is 7.35. The molecule has 1 saturated carbocycles. The first-order chi connectivity index (χ1) is 9.22. The lowest BCUT2D eigenvalue weighted by Crippen LogP contribution is -2.18. The summed E-state index contributed by atoms with van der Waals surface area (Å²) in [4.78, 5) is 13.8. The van der Waals surface area contributed by atoms with Crippen molar-refractivity contribution in [1.82, 2.24) is 0 Å². The van der Waals surface area contributed by atoms with Gasteiger partial charge in [0.1, 0.15) is 0 Å². The highest BCUT2D eigenvalue weighted by atomic mass is 35.5. The number of hydrogen-bond donors (Lipinski definition) is 0. The molecule has 0 unspecified atom stereocenters. The fourth-order valence-corrected chi connectivity index (χ4v) is 3.69. The molecule has 1 fully saturated rings. The summed E-state index contributed by atoms with van der Waals surface area (Å²) in [5.74, 6) is 1.57. The number of thioether (sulfide) groups is 1. The van der Waals surface area contributed by atoms with E-state index < -0.39 is 0 Å². The zero-order valence-corrected chi connectivity index (χ0v) is 13.0. The van der Waals surface area contributed by atoms with Crippen molar-refractivity contribution in [2.45, 2.75) is 50.3 Å². The van der Waals surface area contributed by atoms with Gasteiger partial charge in [-0.25, -0.2) is 0 Å². The minimum Gasteiger partial charge on any atom is -0.294 e. The minimum absolute atomic E-state index is 0.216. The fourth-order valence-electron chi connectivity index (χ4n) is 2.62. The van der Waals surface area contributed by atoms with E-state index >= 15 is 0 Å². The van der Waals surface area contributed by atoms with Crippen molar-refractivity contribution in [2.24, 2.45) is 5.92 Å². The Morgan fingerprint density at radius 1 is 1.32 bits per heavy atom. The minimum atomic E-state index is 0.216. The highest BCUT2D eigenvalue weighted by Gasteiger charge is 2.24. The molecule has 0 bridgehead atoms. The number of halogens is 1. The van der Waals surface area contributed by atoms with Crippen LogP contribution in [0, 0.1) is 5.92 Å². The average Bonchev–Trinajstić information content (AvgIpc) is 2.46. The van der Waals surface area contributed by atoms with Crippen LogP contribution in [0.15, 0.2) is 23.1 Å². The lowest BCUT2D eigenvalue weighted by molar-refractivity contribution is 0.0886. The van der Waals surface area contributed by atoms with Gasteiger partial charge in [0.2, 0.25) is 0 Å². The van der Waals surface area contributed by atoms with Crippen molar-refractivity contribution in [1.29, 1.82) is 0 Å². The van der Waals surface area contributed by atoms with Crippen molar-refractivity contribution in [3.05, 3.63) is 28.8 Å². The van der Waals surface area contributed by atoms with E-state index in [0.29, 0.717) is 10.8 Å². The molecule has 0 atom stereocenters. The Labute approximate surface area is 125 Å². The van der Waals surface area contributed by atoms with Crippen LogP contribution in [-0.4, -0.2) is 11.5 Å². The predicted molar refractivity (Wildman–Crippen MR) is 83.4 cm³/mol. The van der Waals surface area contributed by atoms with E-state index in [9.17, 15) is 4.79 Å². The first-order valence-electron chi connectivity index (χ1n) is 7.19. The standard InChI is InChI=1S/C16H21ClOS/c1-2-10-19-15-9-8-13(17)11-14(15)16(18)12-6-4-3-5-7-12/h8-9,11-12H,2-7,10H2,1H3. The van der Waals surface area contributed by atoms with Crippen LogP contribution in [0.25, 0.3) is 0 Å².